The fourth-order valence-electron chi connectivity index (χ4n) is 5.11. The standard InChI is InChI=1S/C40H24O/c1-2-11-26-22-28(21-20-25(26)10-1)39-30-14-3-5-16-32(30)40(33-17-6-4-15-31(33)39)34-18-9-12-27-23-36-29-13-7-8-19-37(29)41-38(36)24-35(27)34/h1-24H/i1D,2D,3D,4D,5D,6D,7D,8D,9D,10D,11D,12D,13D,14D,15D,16D,17D,18D,19D,20D,21D,22D,23D,24D. The van der Waals surface area contributed by atoms with Crippen LogP contribution in [0.5, 0.6) is 0 Å². The van der Waals surface area contributed by atoms with E-state index in [4.69, 9.17) is 25.0 Å². The van der Waals surface area contributed by atoms with Gasteiger partial charge in [-0.05, 0) is 89.5 Å². The first kappa shape index (κ1) is 9.33. The van der Waals surface area contributed by atoms with Crippen LogP contribution in [-0.4, -0.2) is 0 Å². The molecule has 0 saturated heterocycles. The Balaban J connectivity index is 1.66. The Labute approximate surface area is 270 Å². The van der Waals surface area contributed by atoms with E-state index in [-0.39, 0.29) is 10.8 Å². The fourth-order valence-corrected chi connectivity index (χ4v) is 5.11. The van der Waals surface area contributed by atoms with Gasteiger partial charge in [0.1, 0.15) is 11.2 Å². The van der Waals surface area contributed by atoms with E-state index >= 15 is 0 Å². The van der Waals surface area contributed by atoms with Gasteiger partial charge in [-0.3, -0.25) is 0 Å². The largest absolute Gasteiger partial charge is 0.456 e. The van der Waals surface area contributed by atoms with Crippen molar-refractivity contribution in [3.05, 3.63) is 145 Å². The van der Waals surface area contributed by atoms with Crippen LogP contribution < -0.4 is 0 Å². The second kappa shape index (κ2) is 8.55. The maximum atomic E-state index is 9.57. The number of para-hydroxylation sites is 1. The van der Waals surface area contributed by atoms with Crippen molar-refractivity contribution >= 4 is 65.0 Å². The first-order chi connectivity index (χ1) is 30.3. The molecule has 1 nitrogen and oxygen atoms in total. The molecule has 0 aliphatic rings. The van der Waals surface area contributed by atoms with Crippen molar-refractivity contribution in [2.45, 2.75) is 0 Å². The molecule has 0 bridgehead atoms. The van der Waals surface area contributed by atoms with E-state index < -0.39 is 222 Å². The molecule has 1 aromatic heterocycles. The minimum Gasteiger partial charge on any atom is -0.456 e. The molecule has 0 atom stereocenters. The van der Waals surface area contributed by atoms with Crippen molar-refractivity contribution in [2.24, 2.45) is 0 Å². The smallest absolute Gasteiger partial charge is 0.136 e. The first-order valence-electron chi connectivity index (χ1n) is 24.2. The Morgan fingerprint density at radius 1 is 0.366 bits per heavy atom. The van der Waals surface area contributed by atoms with Gasteiger partial charge in [0.05, 0.1) is 32.9 Å². The lowest BCUT2D eigenvalue weighted by Gasteiger charge is -2.19. The fraction of sp³-hybridized carbons (Fsp3) is 0. The monoisotopic (exact) mass is 544 g/mol. The van der Waals surface area contributed by atoms with Crippen LogP contribution in [0.3, 0.4) is 0 Å². The molecule has 0 fully saturated rings. The van der Waals surface area contributed by atoms with Crippen LogP contribution in [0.1, 0.15) is 32.9 Å². The summed E-state index contributed by atoms with van der Waals surface area (Å²) in [7, 11) is 0. The normalized spacial score (nSPS) is 20.1. The molecule has 0 spiro atoms. The topological polar surface area (TPSA) is 13.1 Å². The van der Waals surface area contributed by atoms with E-state index in [0.29, 0.717) is 0 Å². The zero-order valence-corrected chi connectivity index (χ0v) is 20.4. The highest BCUT2D eigenvalue weighted by Gasteiger charge is 2.19. The number of benzene rings is 8. The van der Waals surface area contributed by atoms with Gasteiger partial charge in [0.2, 0.25) is 0 Å². The van der Waals surface area contributed by atoms with E-state index in [9.17, 15) is 12.3 Å². The Kier molecular flexibility index (Phi) is 1.94. The molecule has 1 heterocycles. The summed E-state index contributed by atoms with van der Waals surface area (Å²) in [5.41, 5.74) is -3.77. The third-order valence-electron chi connectivity index (χ3n) is 6.82. The van der Waals surface area contributed by atoms with E-state index in [2.05, 4.69) is 0 Å². The Bertz CT molecular complexity index is 3740. The Hall–Kier alpha value is -5.40. The van der Waals surface area contributed by atoms with Crippen molar-refractivity contribution in [3.8, 4) is 22.3 Å². The molecule has 0 amide bonds. The summed E-state index contributed by atoms with van der Waals surface area (Å²) in [5.74, 6) is 0. The van der Waals surface area contributed by atoms with Gasteiger partial charge >= 0.3 is 0 Å². The lowest BCUT2D eigenvalue weighted by Crippen LogP contribution is -1.91. The molecular weight excluding hydrogens is 496 g/mol. The SMILES string of the molecule is [2H]c1c([2H])c([2H])c2c(oc3c([2H])c4c(-c5c6c([2H])c([2H])c([2H])c([2H])c6c(-c6c([2H])c([2H])c7c([2H])c([2H])c([2H])c([2H])c7c6[2H])c6c([2H])c([2H])c([2H])c([2H])c56)c([2H])c([2H])c([2H])c4c([2H])c32)c1[2H]. The summed E-state index contributed by atoms with van der Waals surface area (Å²) in [4.78, 5) is 0. The highest BCUT2D eigenvalue weighted by Crippen LogP contribution is 2.46. The minimum absolute atomic E-state index is 0.344. The van der Waals surface area contributed by atoms with Crippen LogP contribution in [-0.2, 0) is 0 Å². The van der Waals surface area contributed by atoms with Crippen molar-refractivity contribution in [1.29, 1.82) is 0 Å². The van der Waals surface area contributed by atoms with Crippen molar-refractivity contribution in [2.75, 3.05) is 0 Å². The molecule has 190 valence electrons. The second-order valence-corrected chi connectivity index (χ2v) is 9.01. The van der Waals surface area contributed by atoms with Gasteiger partial charge in [-0.2, -0.15) is 0 Å². The van der Waals surface area contributed by atoms with E-state index in [1.807, 2.05) is 0 Å². The number of furan rings is 1. The number of fused-ring (bicyclic) bond motifs is 7. The minimum atomic E-state index is -0.949. The molecule has 0 aliphatic carbocycles. The number of hydrogen-bond acceptors (Lipinski definition) is 1. The van der Waals surface area contributed by atoms with Gasteiger partial charge in [0.25, 0.3) is 0 Å². The zero-order valence-electron chi connectivity index (χ0n) is 44.4. The second-order valence-electron chi connectivity index (χ2n) is 9.01. The Morgan fingerprint density at radius 2 is 0.976 bits per heavy atom. The number of rotatable bonds is 2. The molecule has 41 heavy (non-hydrogen) atoms. The predicted octanol–water partition coefficient (Wildman–Crippen LogP) is 11.5. The predicted molar refractivity (Wildman–Crippen MR) is 175 cm³/mol. The average Bonchev–Trinajstić information content (AvgIpc) is 3.69. The third kappa shape index (κ3) is 3.30. The maximum absolute atomic E-state index is 9.57. The molecule has 9 rings (SSSR count). The summed E-state index contributed by atoms with van der Waals surface area (Å²) in [6.07, 6.45) is 0. The summed E-state index contributed by atoms with van der Waals surface area (Å²) < 4.78 is 220. The lowest BCUT2D eigenvalue weighted by atomic mass is 9.84. The van der Waals surface area contributed by atoms with Gasteiger partial charge in [0.15, 0.2) is 0 Å². The average molecular weight is 545 g/mol. The van der Waals surface area contributed by atoms with Gasteiger partial charge in [0, 0.05) is 10.8 Å². The van der Waals surface area contributed by atoms with Crippen LogP contribution >= 0.6 is 0 Å². The van der Waals surface area contributed by atoms with Crippen molar-refractivity contribution in [3.63, 3.8) is 0 Å². The highest BCUT2D eigenvalue weighted by atomic mass is 16.3. The summed E-state index contributed by atoms with van der Waals surface area (Å²) in [5, 5.41) is -5.73. The maximum Gasteiger partial charge on any atom is 0.136 e. The van der Waals surface area contributed by atoms with Crippen LogP contribution in [0, 0.1) is 0 Å². The van der Waals surface area contributed by atoms with E-state index in [1.165, 1.54) is 0 Å². The Morgan fingerprint density at radius 3 is 1.73 bits per heavy atom. The van der Waals surface area contributed by atoms with Crippen LogP contribution in [0.25, 0.3) is 87.3 Å². The number of hydrogen-bond donors (Lipinski definition) is 0. The van der Waals surface area contributed by atoms with Gasteiger partial charge in [-0.1, -0.05) is 121 Å². The van der Waals surface area contributed by atoms with E-state index in [0.717, 1.165) is 0 Å². The van der Waals surface area contributed by atoms with Crippen LogP contribution in [0.4, 0.5) is 0 Å². The molecular formula is C40H24O. The molecule has 8 aromatic carbocycles. The summed E-state index contributed by atoms with van der Waals surface area (Å²) in [6, 6.07) is -20.5. The molecule has 0 aliphatic heterocycles. The molecule has 0 radical (unpaired) electrons. The third-order valence-corrected chi connectivity index (χ3v) is 6.82. The molecule has 0 N–H and O–H groups in total. The van der Waals surface area contributed by atoms with Gasteiger partial charge < -0.3 is 4.42 Å². The zero-order chi connectivity index (χ0) is 47.8. The van der Waals surface area contributed by atoms with Crippen molar-refractivity contribution < 1.29 is 37.3 Å². The van der Waals surface area contributed by atoms with Crippen molar-refractivity contribution in [1.82, 2.24) is 0 Å². The molecule has 0 unspecified atom stereocenters. The summed E-state index contributed by atoms with van der Waals surface area (Å²) in [6.45, 7) is 0. The van der Waals surface area contributed by atoms with Gasteiger partial charge in [-0.15, -0.1) is 0 Å². The first-order valence-corrected chi connectivity index (χ1v) is 12.2. The van der Waals surface area contributed by atoms with E-state index in [1.54, 1.807) is 0 Å². The highest BCUT2D eigenvalue weighted by molar-refractivity contribution is 6.24. The lowest BCUT2D eigenvalue weighted by molar-refractivity contribution is 0.669. The van der Waals surface area contributed by atoms with Crippen LogP contribution in [0.2, 0.25) is 0 Å². The van der Waals surface area contributed by atoms with Gasteiger partial charge in [-0.25, -0.2) is 0 Å². The molecule has 0 saturated carbocycles. The summed E-state index contributed by atoms with van der Waals surface area (Å²) >= 11 is 0. The molecule has 1 heteroatoms. The molecule has 9 aromatic rings. The van der Waals surface area contributed by atoms with Crippen LogP contribution in [0.15, 0.2) is 149 Å². The quantitative estimate of drug-likeness (QED) is 0.197.